The van der Waals surface area contributed by atoms with Gasteiger partial charge < -0.3 is 9.80 Å². The molecule has 0 aromatic heterocycles. The lowest BCUT2D eigenvalue weighted by Gasteiger charge is -2.16. The minimum Gasteiger partial charge on any atom is -0.369 e. The van der Waals surface area contributed by atoms with Gasteiger partial charge in [0.15, 0.2) is 0 Å². The van der Waals surface area contributed by atoms with Gasteiger partial charge in [-0.3, -0.25) is 9.69 Å². The van der Waals surface area contributed by atoms with Gasteiger partial charge in [-0.15, -0.1) is 11.8 Å². The smallest absolute Gasteiger partial charge is 0.266 e. The van der Waals surface area contributed by atoms with E-state index in [2.05, 4.69) is 16.8 Å². The van der Waals surface area contributed by atoms with Crippen LogP contribution in [0.4, 0.5) is 0 Å². The third-order valence-electron chi connectivity index (χ3n) is 3.29. The molecule has 116 valence electrons. The van der Waals surface area contributed by atoms with Crippen molar-refractivity contribution in [2.45, 2.75) is 6.42 Å². The van der Waals surface area contributed by atoms with Crippen LogP contribution in [-0.2, 0) is 4.79 Å². The molecule has 7 heteroatoms. The Balaban J connectivity index is 1.97. The second kappa shape index (κ2) is 7.67. The molecule has 0 aromatic rings. The molecule has 2 rings (SSSR count). The van der Waals surface area contributed by atoms with E-state index < -0.39 is 0 Å². The highest BCUT2D eigenvalue weighted by Gasteiger charge is 2.31. The first-order valence-corrected chi connectivity index (χ1v) is 9.14. The molecule has 0 radical (unpaired) electrons. The van der Waals surface area contributed by atoms with Crippen LogP contribution < -0.4 is 0 Å². The van der Waals surface area contributed by atoms with Gasteiger partial charge in [0.25, 0.3) is 5.91 Å². The predicted octanol–water partition coefficient (Wildman–Crippen LogP) is 2.20. The molecule has 0 aliphatic carbocycles. The normalized spacial score (nSPS) is 23.4. The van der Waals surface area contributed by atoms with Crippen LogP contribution in [0.1, 0.15) is 6.42 Å². The molecular formula is C14H21N3OS3. The number of amides is 1. The lowest BCUT2D eigenvalue weighted by atomic mass is 10.3. The molecule has 21 heavy (non-hydrogen) atoms. The third kappa shape index (κ3) is 4.48. The van der Waals surface area contributed by atoms with Crippen LogP contribution in [-0.4, -0.2) is 71.5 Å². The number of thioether (sulfide) groups is 2. The zero-order valence-corrected chi connectivity index (χ0v) is 15.1. The summed E-state index contributed by atoms with van der Waals surface area (Å²) in [6.45, 7) is 2.73. The van der Waals surface area contributed by atoms with E-state index in [-0.39, 0.29) is 5.91 Å². The standard InChI is InChI=1S/C14H21N3OS3/c1-15(2)7-4-8-17-13(18)11(21-14(17)19)5-6-12-16(3)9-10-20-12/h5-6H,4,7-10H2,1-3H3/b11-5+,12-6+. The summed E-state index contributed by atoms with van der Waals surface area (Å²) < 4.78 is 0.677. The van der Waals surface area contributed by atoms with Crippen molar-refractivity contribution in [2.75, 3.05) is 46.5 Å². The molecule has 4 nitrogen and oxygen atoms in total. The molecule has 2 aliphatic rings. The quantitative estimate of drug-likeness (QED) is 0.561. The molecule has 2 saturated heterocycles. The summed E-state index contributed by atoms with van der Waals surface area (Å²) in [6.07, 6.45) is 4.88. The molecule has 0 aromatic carbocycles. The van der Waals surface area contributed by atoms with Gasteiger partial charge in [-0.2, -0.15) is 0 Å². The van der Waals surface area contributed by atoms with Gasteiger partial charge in [0.05, 0.1) is 9.93 Å². The van der Waals surface area contributed by atoms with Crippen LogP contribution in [0.3, 0.4) is 0 Å². The predicted molar refractivity (Wildman–Crippen MR) is 96.3 cm³/mol. The lowest BCUT2D eigenvalue weighted by molar-refractivity contribution is -0.122. The van der Waals surface area contributed by atoms with Crippen molar-refractivity contribution in [1.29, 1.82) is 0 Å². The molecule has 0 unspecified atom stereocenters. The number of hydrogen-bond donors (Lipinski definition) is 0. The maximum atomic E-state index is 12.4. The molecule has 2 heterocycles. The van der Waals surface area contributed by atoms with Gasteiger partial charge in [0.2, 0.25) is 0 Å². The summed E-state index contributed by atoms with van der Waals surface area (Å²) in [6, 6.07) is 0. The SMILES string of the molecule is CN(C)CCCN1C(=O)/C(=C\C=C2\SCCN2C)SC1=S. The number of carbonyl (C=O) groups excluding carboxylic acids is 1. The molecule has 2 fully saturated rings. The number of thiocarbonyl (C=S) groups is 1. The Morgan fingerprint density at radius 1 is 1.38 bits per heavy atom. The number of hydrogen-bond acceptors (Lipinski definition) is 6. The summed E-state index contributed by atoms with van der Waals surface area (Å²) in [4.78, 5) is 19.1. The van der Waals surface area contributed by atoms with Crippen molar-refractivity contribution in [3.63, 3.8) is 0 Å². The number of allylic oxidation sites excluding steroid dienone is 2. The van der Waals surface area contributed by atoms with Crippen molar-refractivity contribution in [2.24, 2.45) is 0 Å². The Bertz CT molecular complexity index is 488. The largest absolute Gasteiger partial charge is 0.369 e. The van der Waals surface area contributed by atoms with E-state index in [1.54, 1.807) is 4.90 Å². The van der Waals surface area contributed by atoms with Crippen LogP contribution >= 0.6 is 35.7 Å². The van der Waals surface area contributed by atoms with Crippen LogP contribution in [0.5, 0.6) is 0 Å². The Kier molecular flexibility index (Phi) is 6.16. The fourth-order valence-electron chi connectivity index (χ4n) is 2.08. The molecule has 0 bridgehead atoms. The molecule has 0 atom stereocenters. The van der Waals surface area contributed by atoms with E-state index >= 15 is 0 Å². The minimum atomic E-state index is 0.0475. The highest BCUT2D eigenvalue weighted by atomic mass is 32.2. The molecule has 1 amide bonds. The zero-order valence-electron chi connectivity index (χ0n) is 12.7. The number of rotatable bonds is 5. The topological polar surface area (TPSA) is 26.8 Å². The Morgan fingerprint density at radius 2 is 2.14 bits per heavy atom. The minimum absolute atomic E-state index is 0.0475. The maximum Gasteiger partial charge on any atom is 0.266 e. The maximum absolute atomic E-state index is 12.4. The molecule has 2 aliphatic heterocycles. The van der Waals surface area contributed by atoms with E-state index in [9.17, 15) is 4.79 Å². The Hall–Kier alpha value is -0.500. The Labute approximate surface area is 140 Å². The van der Waals surface area contributed by atoms with E-state index in [1.165, 1.54) is 16.8 Å². The van der Waals surface area contributed by atoms with Crippen LogP contribution in [0.2, 0.25) is 0 Å². The monoisotopic (exact) mass is 343 g/mol. The van der Waals surface area contributed by atoms with Crippen LogP contribution in [0.25, 0.3) is 0 Å². The summed E-state index contributed by atoms with van der Waals surface area (Å²) in [5.74, 6) is 1.16. The van der Waals surface area contributed by atoms with Crippen molar-refractivity contribution in [3.05, 3.63) is 22.1 Å². The van der Waals surface area contributed by atoms with Crippen LogP contribution in [0, 0.1) is 0 Å². The molecular weight excluding hydrogens is 322 g/mol. The second-order valence-corrected chi connectivity index (χ2v) is 8.08. The van der Waals surface area contributed by atoms with Gasteiger partial charge in [0.1, 0.15) is 4.32 Å². The number of nitrogens with zero attached hydrogens (tertiary/aromatic N) is 3. The second-order valence-electron chi connectivity index (χ2n) is 5.29. The summed E-state index contributed by atoms with van der Waals surface area (Å²) in [5, 5.41) is 1.22. The first-order valence-electron chi connectivity index (χ1n) is 6.93. The lowest BCUT2D eigenvalue weighted by Crippen LogP contribution is -2.30. The summed E-state index contributed by atoms with van der Waals surface area (Å²) >= 11 is 8.55. The average molecular weight is 344 g/mol. The molecule has 0 N–H and O–H groups in total. The Morgan fingerprint density at radius 3 is 2.76 bits per heavy atom. The van der Waals surface area contributed by atoms with Crippen molar-refractivity contribution >= 4 is 46.0 Å². The van der Waals surface area contributed by atoms with Crippen molar-refractivity contribution in [3.8, 4) is 0 Å². The van der Waals surface area contributed by atoms with Gasteiger partial charge in [-0.05, 0) is 39.2 Å². The van der Waals surface area contributed by atoms with E-state index in [1.807, 2.05) is 38.0 Å². The highest BCUT2D eigenvalue weighted by molar-refractivity contribution is 8.26. The fourth-order valence-corrected chi connectivity index (χ4v) is 4.38. The number of carbonyl (C=O) groups is 1. The van der Waals surface area contributed by atoms with Gasteiger partial charge >= 0.3 is 0 Å². The summed E-state index contributed by atoms with van der Waals surface area (Å²) in [5.41, 5.74) is 0. The van der Waals surface area contributed by atoms with Crippen LogP contribution in [0.15, 0.2) is 22.1 Å². The van der Waals surface area contributed by atoms with Gasteiger partial charge in [-0.1, -0.05) is 24.0 Å². The molecule has 0 spiro atoms. The zero-order chi connectivity index (χ0) is 15.4. The highest BCUT2D eigenvalue weighted by Crippen LogP contribution is 2.32. The third-order valence-corrected chi connectivity index (χ3v) is 5.82. The fraction of sp³-hybridized carbons (Fsp3) is 0.571. The van der Waals surface area contributed by atoms with Gasteiger partial charge in [-0.25, -0.2) is 0 Å². The first-order chi connectivity index (χ1) is 9.99. The van der Waals surface area contributed by atoms with E-state index in [4.69, 9.17) is 12.2 Å². The van der Waals surface area contributed by atoms with E-state index in [0.29, 0.717) is 10.9 Å². The van der Waals surface area contributed by atoms with Gasteiger partial charge in [0, 0.05) is 25.9 Å². The van der Waals surface area contributed by atoms with Crippen molar-refractivity contribution < 1.29 is 4.79 Å². The first kappa shape index (κ1) is 16.9. The van der Waals surface area contributed by atoms with Crippen molar-refractivity contribution in [1.82, 2.24) is 14.7 Å². The molecule has 0 saturated carbocycles. The average Bonchev–Trinajstić information content (AvgIpc) is 2.94. The van der Waals surface area contributed by atoms with E-state index in [0.717, 1.165) is 30.2 Å². The summed E-state index contributed by atoms with van der Waals surface area (Å²) in [7, 11) is 6.14.